The SMILES string of the molecule is CC.COc1cc(NC(=O)C(N)CC(C)C)ccc1-c1cncs1. The first-order chi connectivity index (χ1) is 11.5. The zero-order chi connectivity index (χ0) is 18.1. The summed E-state index contributed by atoms with van der Waals surface area (Å²) < 4.78 is 5.41. The van der Waals surface area contributed by atoms with Crippen molar-refractivity contribution in [2.24, 2.45) is 11.7 Å². The van der Waals surface area contributed by atoms with E-state index >= 15 is 0 Å². The van der Waals surface area contributed by atoms with Crippen LogP contribution in [-0.4, -0.2) is 24.0 Å². The summed E-state index contributed by atoms with van der Waals surface area (Å²) in [5.74, 6) is 0.893. The van der Waals surface area contributed by atoms with Gasteiger partial charge in [0.25, 0.3) is 0 Å². The Balaban J connectivity index is 0.00000139. The van der Waals surface area contributed by atoms with Crippen LogP contribution in [-0.2, 0) is 4.79 Å². The Morgan fingerprint density at radius 3 is 2.62 bits per heavy atom. The van der Waals surface area contributed by atoms with Crippen LogP contribution in [0.5, 0.6) is 5.75 Å². The normalized spacial score (nSPS) is 11.5. The van der Waals surface area contributed by atoms with Crippen molar-refractivity contribution in [1.82, 2.24) is 4.98 Å². The Labute approximate surface area is 148 Å². The monoisotopic (exact) mass is 349 g/mol. The number of anilines is 1. The predicted octanol–water partition coefficient (Wildman–Crippen LogP) is 4.16. The third-order valence-electron chi connectivity index (χ3n) is 3.23. The highest BCUT2D eigenvalue weighted by atomic mass is 32.1. The molecule has 1 amide bonds. The minimum absolute atomic E-state index is 0.179. The number of benzene rings is 1. The predicted molar refractivity (Wildman–Crippen MR) is 102 cm³/mol. The third-order valence-corrected chi connectivity index (χ3v) is 4.04. The zero-order valence-electron chi connectivity index (χ0n) is 15.0. The molecule has 2 rings (SSSR count). The second-order valence-corrected chi connectivity index (χ2v) is 6.39. The summed E-state index contributed by atoms with van der Waals surface area (Å²) in [6, 6.07) is 5.05. The van der Waals surface area contributed by atoms with Crippen molar-refractivity contribution in [3.8, 4) is 16.2 Å². The highest BCUT2D eigenvalue weighted by molar-refractivity contribution is 7.13. The lowest BCUT2D eigenvalue weighted by atomic mass is 10.0. The molecular weight excluding hydrogens is 322 g/mol. The summed E-state index contributed by atoms with van der Waals surface area (Å²) in [6.45, 7) is 8.08. The van der Waals surface area contributed by atoms with Gasteiger partial charge in [0.05, 0.1) is 23.5 Å². The molecule has 0 fully saturated rings. The van der Waals surface area contributed by atoms with E-state index in [0.717, 1.165) is 10.4 Å². The number of amides is 1. The molecule has 0 saturated carbocycles. The van der Waals surface area contributed by atoms with Gasteiger partial charge in [0.1, 0.15) is 5.75 Å². The molecule has 1 atom stereocenters. The first-order valence-corrected chi connectivity index (χ1v) is 9.02. The minimum atomic E-state index is -0.507. The molecule has 3 N–H and O–H groups in total. The van der Waals surface area contributed by atoms with Gasteiger partial charge in [0, 0.05) is 23.5 Å². The Morgan fingerprint density at radius 1 is 1.38 bits per heavy atom. The first-order valence-electron chi connectivity index (χ1n) is 8.14. The lowest BCUT2D eigenvalue weighted by Gasteiger charge is -2.15. The topological polar surface area (TPSA) is 77.2 Å². The van der Waals surface area contributed by atoms with E-state index in [9.17, 15) is 4.79 Å². The highest BCUT2D eigenvalue weighted by Crippen LogP contribution is 2.34. The molecule has 6 heteroatoms. The van der Waals surface area contributed by atoms with Gasteiger partial charge >= 0.3 is 0 Å². The summed E-state index contributed by atoms with van der Waals surface area (Å²) in [4.78, 5) is 17.2. The van der Waals surface area contributed by atoms with E-state index in [1.165, 1.54) is 11.3 Å². The molecule has 132 valence electrons. The van der Waals surface area contributed by atoms with Crippen LogP contribution >= 0.6 is 11.3 Å². The van der Waals surface area contributed by atoms with Crippen molar-refractivity contribution in [2.75, 3.05) is 12.4 Å². The molecule has 0 saturated heterocycles. The van der Waals surface area contributed by atoms with Crippen molar-refractivity contribution in [3.05, 3.63) is 29.9 Å². The van der Waals surface area contributed by atoms with Crippen LogP contribution in [0.15, 0.2) is 29.9 Å². The molecule has 24 heavy (non-hydrogen) atoms. The molecule has 0 bridgehead atoms. The number of nitrogens with two attached hydrogens (primary N) is 1. The molecule has 0 aliphatic carbocycles. The van der Waals surface area contributed by atoms with Gasteiger partial charge in [-0.15, -0.1) is 11.3 Å². The second kappa shape index (κ2) is 10.1. The van der Waals surface area contributed by atoms with Crippen molar-refractivity contribution >= 4 is 22.9 Å². The van der Waals surface area contributed by atoms with Crippen molar-refractivity contribution in [3.63, 3.8) is 0 Å². The molecule has 1 unspecified atom stereocenters. The zero-order valence-corrected chi connectivity index (χ0v) is 15.8. The number of ether oxygens (including phenoxy) is 1. The molecular formula is C18H27N3O2S. The van der Waals surface area contributed by atoms with Crippen LogP contribution in [0.4, 0.5) is 5.69 Å². The molecule has 0 spiro atoms. The Bertz CT molecular complexity index is 627. The number of thiazole rings is 1. The van der Waals surface area contributed by atoms with Crippen LogP contribution < -0.4 is 15.8 Å². The number of nitrogens with one attached hydrogen (secondary N) is 1. The summed E-state index contributed by atoms with van der Waals surface area (Å²) in [5.41, 5.74) is 9.30. The van der Waals surface area contributed by atoms with E-state index in [1.54, 1.807) is 24.9 Å². The fraction of sp³-hybridized carbons (Fsp3) is 0.444. The summed E-state index contributed by atoms with van der Waals surface area (Å²) in [7, 11) is 1.61. The number of aromatic nitrogens is 1. The van der Waals surface area contributed by atoms with Crippen LogP contribution in [0.1, 0.15) is 34.1 Å². The fourth-order valence-electron chi connectivity index (χ4n) is 2.17. The lowest BCUT2D eigenvalue weighted by Crippen LogP contribution is -2.36. The summed E-state index contributed by atoms with van der Waals surface area (Å²) in [6.07, 6.45) is 2.45. The number of carbonyl (C=O) groups is 1. The van der Waals surface area contributed by atoms with Crippen molar-refractivity contribution in [1.29, 1.82) is 0 Å². The van der Waals surface area contributed by atoms with E-state index < -0.39 is 6.04 Å². The molecule has 5 nitrogen and oxygen atoms in total. The van der Waals surface area contributed by atoms with Crippen LogP contribution in [0.3, 0.4) is 0 Å². The van der Waals surface area contributed by atoms with Crippen molar-refractivity contribution in [2.45, 2.75) is 40.2 Å². The minimum Gasteiger partial charge on any atom is -0.496 e. The van der Waals surface area contributed by atoms with Gasteiger partial charge in [0.15, 0.2) is 0 Å². The maximum absolute atomic E-state index is 12.1. The average molecular weight is 350 g/mol. The van der Waals surface area contributed by atoms with Gasteiger partial charge in [-0.2, -0.15) is 0 Å². The van der Waals surface area contributed by atoms with E-state index in [4.69, 9.17) is 10.5 Å². The average Bonchev–Trinajstić information content (AvgIpc) is 3.10. The Hall–Kier alpha value is -1.92. The third kappa shape index (κ3) is 5.62. The molecule has 0 aliphatic heterocycles. The van der Waals surface area contributed by atoms with Crippen molar-refractivity contribution < 1.29 is 9.53 Å². The molecule has 0 aliphatic rings. The number of nitrogens with zero attached hydrogens (tertiary/aromatic N) is 1. The van der Waals surface area contributed by atoms with Gasteiger partial charge in [-0.1, -0.05) is 27.7 Å². The largest absolute Gasteiger partial charge is 0.496 e. The molecule has 1 heterocycles. The van der Waals surface area contributed by atoms with E-state index in [0.29, 0.717) is 23.8 Å². The number of rotatable bonds is 6. The smallest absolute Gasteiger partial charge is 0.241 e. The van der Waals surface area contributed by atoms with E-state index in [1.807, 2.05) is 39.8 Å². The van der Waals surface area contributed by atoms with E-state index in [2.05, 4.69) is 10.3 Å². The van der Waals surface area contributed by atoms with Gasteiger partial charge in [-0.3, -0.25) is 9.78 Å². The molecule has 1 aromatic heterocycles. The highest BCUT2D eigenvalue weighted by Gasteiger charge is 2.16. The number of methoxy groups -OCH3 is 1. The molecule has 2 aromatic rings. The number of hydrogen-bond donors (Lipinski definition) is 2. The standard InChI is InChI=1S/C16H21N3O2S.C2H6/c1-10(2)6-13(17)16(20)19-11-4-5-12(14(7-11)21-3)15-8-18-9-22-15;1-2/h4-5,7-10,13H,6,17H2,1-3H3,(H,19,20);1-2H3. The van der Waals surface area contributed by atoms with Gasteiger partial charge in [-0.25, -0.2) is 0 Å². The van der Waals surface area contributed by atoms with E-state index in [-0.39, 0.29) is 5.91 Å². The van der Waals surface area contributed by atoms with Gasteiger partial charge < -0.3 is 15.8 Å². The summed E-state index contributed by atoms with van der Waals surface area (Å²) >= 11 is 1.54. The number of hydrogen-bond acceptors (Lipinski definition) is 5. The summed E-state index contributed by atoms with van der Waals surface area (Å²) in [5, 5.41) is 2.84. The van der Waals surface area contributed by atoms with Crippen LogP contribution in [0.25, 0.3) is 10.4 Å². The molecule has 1 aromatic carbocycles. The molecule has 0 radical (unpaired) electrons. The van der Waals surface area contributed by atoms with Gasteiger partial charge in [-0.05, 0) is 24.5 Å². The maximum Gasteiger partial charge on any atom is 0.241 e. The Morgan fingerprint density at radius 2 is 2.08 bits per heavy atom. The Kier molecular flexibility index (Phi) is 8.43. The fourth-order valence-corrected chi connectivity index (χ4v) is 2.82. The van der Waals surface area contributed by atoms with Crippen LogP contribution in [0.2, 0.25) is 0 Å². The first kappa shape index (κ1) is 20.1. The van der Waals surface area contributed by atoms with Crippen LogP contribution in [0, 0.1) is 5.92 Å². The number of carbonyl (C=O) groups excluding carboxylic acids is 1. The van der Waals surface area contributed by atoms with Gasteiger partial charge in [0.2, 0.25) is 5.91 Å². The maximum atomic E-state index is 12.1. The lowest BCUT2D eigenvalue weighted by molar-refractivity contribution is -0.117. The quantitative estimate of drug-likeness (QED) is 0.821. The second-order valence-electron chi connectivity index (χ2n) is 5.51.